The number of carbonyl (C=O) groups is 1. The highest BCUT2D eigenvalue weighted by Crippen LogP contribution is 2.23. The molecular weight excluding hydrogens is 442 g/mol. The summed E-state index contributed by atoms with van der Waals surface area (Å²) in [5, 5.41) is 16.4. The number of aromatic nitrogens is 3. The maximum absolute atomic E-state index is 12.8. The fraction of sp³-hybridized carbons (Fsp3) is 0.269. The molecule has 2 aromatic heterocycles. The number of β-amino-alcohol motifs (C(OH)–C–C–N with tert-alkyl or cyclic N) is 1. The van der Waals surface area contributed by atoms with Gasteiger partial charge in [-0.2, -0.15) is 4.98 Å². The third kappa shape index (κ3) is 5.26. The molecule has 0 atom stereocenters. The number of rotatable bonds is 7. The number of benzene rings is 2. The van der Waals surface area contributed by atoms with Crippen LogP contribution in [0.5, 0.6) is 0 Å². The standard InChI is InChI=1S/C26H29N7O2/c1-18-16-24(31-26(28-18)33-12-10-32(11-13-33)14-15-34)29-19-6-8-20(9-7-19)30-25(35)22-17-27-23-5-3-2-4-21(22)23/h2-9,16-17,27,34H,10-15H2,1H3,(H,30,35)(H,28,29,31). The number of fused-ring (bicyclic) bond motifs is 1. The normalized spacial score (nSPS) is 14.3. The Balaban J connectivity index is 1.24. The lowest BCUT2D eigenvalue weighted by molar-refractivity contribution is 0.102. The van der Waals surface area contributed by atoms with Crippen molar-refractivity contribution in [2.75, 3.05) is 54.9 Å². The zero-order valence-corrected chi connectivity index (χ0v) is 19.7. The molecule has 35 heavy (non-hydrogen) atoms. The Morgan fingerprint density at radius 1 is 1.03 bits per heavy atom. The molecule has 3 heterocycles. The molecule has 4 N–H and O–H groups in total. The van der Waals surface area contributed by atoms with Gasteiger partial charge in [-0.25, -0.2) is 4.98 Å². The molecule has 2 aromatic carbocycles. The quantitative estimate of drug-likeness (QED) is 0.327. The summed E-state index contributed by atoms with van der Waals surface area (Å²) >= 11 is 0. The summed E-state index contributed by atoms with van der Waals surface area (Å²) in [6.45, 7) is 6.26. The third-order valence-corrected chi connectivity index (χ3v) is 6.16. The van der Waals surface area contributed by atoms with E-state index in [2.05, 4.69) is 30.4 Å². The smallest absolute Gasteiger partial charge is 0.257 e. The summed E-state index contributed by atoms with van der Waals surface area (Å²) in [6.07, 6.45) is 1.73. The van der Waals surface area contributed by atoms with Crippen LogP contribution in [0, 0.1) is 6.92 Å². The lowest BCUT2D eigenvalue weighted by Gasteiger charge is -2.34. The van der Waals surface area contributed by atoms with E-state index in [1.54, 1.807) is 6.20 Å². The van der Waals surface area contributed by atoms with Crippen LogP contribution < -0.4 is 15.5 Å². The van der Waals surface area contributed by atoms with Crippen molar-refractivity contribution in [1.29, 1.82) is 0 Å². The fourth-order valence-electron chi connectivity index (χ4n) is 4.31. The first-order chi connectivity index (χ1) is 17.1. The van der Waals surface area contributed by atoms with E-state index in [1.807, 2.05) is 61.5 Å². The molecule has 0 radical (unpaired) electrons. The molecule has 0 bridgehead atoms. The molecule has 180 valence electrons. The summed E-state index contributed by atoms with van der Waals surface area (Å²) in [4.78, 5) is 29.7. The molecule has 1 saturated heterocycles. The average molecular weight is 472 g/mol. The molecule has 9 heteroatoms. The van der Waals surface area contributed by atoms with Crippen LogP contribution in [0.1, 0.15) is 16.1 Å². The number of nitrogens with one attached hydrogen (secondary N) is 3. The number of nitrogens with zero attached hydrogens (tertiary/aromatic N) is 4. The van der Waals surface area contributed by atoms with Gasteiger partial charge in [0.05, 0.1) is 12.2 Å². The molecule has 5 rings (SSSR count). The largest absolute Gasteiger partial charge is 0.395 e. The fourth-order valence-corrected chi connectivity index (χ4v) is 4.31. The maximum atomic E-state index is 12.8. The van der Waals surface area contributed by atoms with Gasteiger partial charge in [-0.15, -0.1) is 0 Å². The predicted octanol–water partition coefficient (Wildman–Crippen LogP) is 3.38. The number of aromatic amines is 1. The van der Waals surface area contributed by atoms with Gasteiger partial charge in [-0.3, -0.25) is 9.69 Å². The zero-order chi connectivity index (χ0) is 24.2. The van der Waals surface area contributed by atoms with Crippen molar-refractivity contribution in [1.82, 2.24) is 19.9 Å². The summed E-state index contributed by atoms with van der Waals surface area (Å²) in [7, 11) is 0. The van der Waals surface area contributed by atoms with Gasteiger partial charge in [-0.1, -0.05) is 18.2 Å². The summed E-state index contributed by atoms with van der Waals surface area (Å²) in [5.41, 5.74) is 4.02. The van der Waals surface area contributed by atoms with Crippen molar-refractivity contribution < 1.29 is 9.90 Å². The number of aryl methyl sites for hydroxylation is 1. The molecule has 0 unspecified atom stereocenters. The van der Waals surface area contributed by atoms with E-state index < -0.39 is 0 Å². The lowest BCUT2D eigenvalue weighted by Crippen LogP contribution is -2.47. The Morgan fingerprint density at radius 3 is 2.54 bits per heavy atom. The van der Waals surface area contributed by atoms with E-state index in [0.717, 1.165) is 54.3 Å². The van der Waals surface area contributed by atoms with Crippen molar-refractivity contribution >= 4 is 40.0 Å². The maximum Gasteiger partial charge on any atom is 0.257 e. The SMILES string of the molecule is Cc1cc(Nc2ccc(NC(=O)c3c[nH]c4ccccc34)cc2)nc(N2CCN(CCO)CC2)n1. The highest BCUT2D eigenvalue weighted by atomic mass is 16.3. The van der Waals surface area contributed by atoms with Gasteiger partial charge in [0, 0.05) is 73.0 Å². The van der Waals surface area contributed by atoms with Crippen LogP contribution in [0.3, 0.4) is 0 Å². The van der Waals surface area contributed by atoms with E-state index in [4.69, 9.17) is 10.1 Å². The van der Waals surface area contributed by atoms with Gasteiger partial charge in [0.15, 0.2) is 0 Å². The number of aliphatic hydroxyl groups is 1. The Kier molecular flexibility index (Phi) is 6.60. The van der Waals surface area contributed by atoms with Crippen LogP contribution in [0.15, 0.2) is 60.8 Å². The minimum absolute atomic E-state index is 0.154. The molecule has 0 aliphatic carbocycles. The van der Waals surface area contributed by atoms with Gasteiger partial charge in [0.25, 0.3) is 5.91 Å². The average Bonchev–Trinajstić information content (AvgIpc) is 3.30. The minimum Gasteiger partial charge on any atom is -0.395 e. The van der Waals surface area contributed by atoms with E-state index in [-0.39, 0.29) is 12.5 Å². The Bertz CT molecular complexity index is 1310. The highest BCUT2D eigenvalue weighted by Gasteiger charge is 2.19. The first kappa shape index (κ1) is 22.8. The highest BCUT2D eigenvalue weighted by molar-refractivity contribution is 6.12. The first-order valence-corrected chi connectivity index (χ1v) is 11.8. The second kappa shape index (κ2) is 10.1. The predicted molar refractivity (Wildman–Crippen MR) is 138 cm³/mol. The topological polar surface area (TPSA) is 109 Å². The number of hydrogen-bond donors (Lipinski definition) is 4. The number of hydrogen-bond acceptors (Lipinski definition) is 7. The van der Waals surface area contributed by atoms with E-state index in [9.17, 15) is 4.79 Å². The van der Waals surface area contributed by atoms with E-state index >= 15 is 0 Å². The number of para-hydroxylation sites is 1. The van der Waals surface area contributed by atoms with Crippen molar-refractivity contribution in [2.24, 2.45) is 0 Å². The van der Waals surface area contributed by atoms with Gasteiger partial charge < -0.3 is 25.6 Å². The number of carbonyl (C=O) groups excluding carboxylic acids is 1. The molecule has 1 aliphatic rings. The minimum atomic E-state index is -0.154. The molecule has 0 spiro atoms. The second-order valence-electron chi connectivity index (χ2n) is 8.65. The summed E-state index contributed by atoms with van der Waals surface area (Å²) in [6, 6.07) is 17.2. The van der Waals surface area contributed by atoms with Crippen LogP contribution >= 0.6 is 0 Å². The number of aliphatic hydroxyl groups excluding tert-OH is 1. The molecule has 0 saturated carbocycles. The van der Waals surface area contributed by atoms with Crippen molar-refractivity contribution in [3.8, 4) is 0 Å². The number of H-pyrrole nitrogens is 1. The molecule has 1 fully saturated rings. The third-order valence-electron chi connectivity index (χ3n) is 6.16. The molecule has 1 aliphatic heterocycles. The Hall–Kier alpha value is -3.95. The van der Waals surface area contributed by atoms with Gasteiger partial charge in [0.1, 0.15) is 5.82 Å². The zero-order valence-electron chi connectivity index (χ0n) is 19.7. The molecule has 4 aromatic rings. The lowest BCUT2D eigenvalue weighted by atomic mass is 10.1. The van der Waals surface area contributed by atoms with Gasteiger partial charge in [0.2, 0.25) is 5.95 Å². The van der Waals surface area contributed by atoms with Crippen LogP contribution in [0.2, 0.25) is 0 Å². The van der Waals surface area contributed by atoms with Crippen LogP contribution in [-0.4, -0.2) is 70.2 Å². The second-order valence-corrected chi connectivity index (χ2v) is 8.65. The summed E-state index contributed by atoms with van der Waals surface area (Å²) in [5.74, 6) is 1.28. The van der Waals surface area contributed by atoms with Crippen LogP contribution in [-0.2, 0) is 0 Å². The summed E-state index contributed by atoms with van der Waals surface area (Å²) < 4.78 is 0. The van der Waals surface area contributed by atoms with Crippen LogP contribution in [0.25, 0.3) is 10.9 Å². The van der Waals surface area contributed by atoms with Crippen molar-refractivity contribution in [3.05, 3.63) is 72.1 Å². The van der Waals surface area contributed by atoms with Crippen molar-refractivity contribution in [2.45, 2.75) is 6.92 Å². The molecule has 9 nitrogen and oxygen atoms in total. The number of anilines is 4. The van der Waals surface area contributed by atoms with Gasteiger partial charge in [-0.05, 0) is 37.3 Å². The van der Waals surface area contributed by atoms with E-state index in [0.29, 0.717) is 23.7 Å². The van der Waals surface area contributed by atoms with E-state index in [1.165, 1.54) is 0 Å². The van der Waals surface area contributed by atoms with Gasteiger partial charge >= 0.3 is 0 Å². The first-order valence-electron chi connectivity index (χ1n) is 11.8. The molecular formula is C26H29N7O2. The van der Waals surface area contributed by atoms with Crippen LogP contribution in [0.4, 0.5) is 23.1 Å². The number of piperazine rings is 1. The number of amides is 1. The van der Waals surface area contributed by atoms with Crippen molar-refractivity contribution in [3.63, 3.8) is 0 Å². The Labute approximate surface area is 203 Å². The molecule has 1 amide bonds. The Morgan fingerprint density at radius 2 is 1.77 bits per heavy atom. The monoisotopic (exact) mass is 471 g/mol.